The average Bonchev–Trinajstić information content (AvgIpc) is 2.90. The molecule has 0 spiro atoms. The Morgan fingerprint density at radius 1 is 1.19 bits per heavy atom. The monoisotopic (exact) mass is 305 g/mol. The van der Waals surface area contributed by atoms with Crippen LogP contribution in [0, 0.1) is 20.8 Å². The van der Waals surface area contributed by atoms with E-state index in [9.17, 15) is 0 Å². The molecule has 0 radical (unpaired) electrons. The van der Waals surface area contributed by atoms with Gasteiger partial charge in [-0.05, 0) is 20.8 Å². The van der Waals surface area contributed by atoms with E-state index in [0.29, 0.717) is 5.88 Å². The highest BCUT2D eigenvalue weighted by molar-refractivity contribution is 7.09. The SMILES string of the molecule is Cc1cnc(C)c(OC2CCN(c3nc(C)ns3)CC2)n1. The van der Waals surface area contributed by atoms with E-state index in [1.807, 2.05) is 20.8 Å². The van der Waals surface area contributed by atoms with Crippen molar-refractivity contribution >= 4 is 16.7 Å². The van der Waals surface area contributed by atoms with Gasteiger partial charge in [-0.2, -0.15) is 4.37 Å². The van der Waals surface area contributed by atoms with Crippen molar-refractivity contribution in [3.8, 4) is 5.88 Å². The minimum atomic E-state index is 0.199. The Morgan fingerprint density at radius 3 is 2.62 bits per heavy atom. The first-order valence-electron chi connectivity index (χ1n) is 7.14. The number of hydrogen-bond acceptors (Lipinski definition) is 7. The van der Waals surface area contributed by atoms with E-state index in [4.69, 9.17) is 4.74 Å². The van der Waals surface area contributed by atoms with Gasteiger partial charge in [0.15, 0.2) is 0 Å². The maximum absolute atomic E-state index is 6.02. The molecule has 112 valence electrons. The summed E-state index contributed by atoms with van der Waals surface area (Å²) in [5.41, 5.74) is 1.74. The molecule has 0 bridgehead atoms. The zero-order chi connectivity index (χ0) is 14.8. The molecule has 0 aliphatic carbocycles. The van der Waals surface area contributed by atoms with Gasteiger partial charge in [0.05, 0.1) is 11.4 Å². The smallest absolute Gasteiger partial charge is 0.235 e. The molecule has 2 aromatic rings. The standard InChI is InChI=1S/C14H19N5OS/c1-9-8-15-10(2)13(16-9)20-12-4-6-19(7-5-12)14-17-11(3)18-21-14/h8,12H,4-7H2,1-3H3. The molecular weight excluding hydrogens is 286 g/mol. The van der Waals surface area contributed by atoms with Crippen LogP contribution in [0.15, 0.2) is 6.20 Å². The zero-order valence-electron chi connectivity index (χ0n) is 12.5. The Balaban J connectivity index is 1.60. The maximum Gasteiger partial charge on any atom is 0.235 e. The molecule has 0 atom stereocenters. The largest absolute Gasteiger partial charge is 0.473 e. The van der Waals surface area contributed by atoms with Crippen LogP contribution in [0.2, 0.25) is 0 Å². The Morgan fingerprint density at radius 2 is 1.95 bits per heavy atom. The Hall–Kier alpha value is -1.76. The van der Waals surface area contributed by atoms with Crippen LogP contribution in [0.3, 0.4) is 0 Å². The van der Waals surface area contributed by atoms with Gasteiger partial charge in [-0.25, -0.2) is 9.97 Å². The highest BCUT2D eigenvalue weighted by atomic mass is 32.1. The summed E-state index contributed by atoms with van der Waals surface area (Å²) >= 11 is 1.47. The zero-order valence-corrected chi connectivity index (χ0v) is 13.4. The van der Waals surface area contributed by atoms with Gasteiger partial charge in [-0.15, -0.1) is 0 Å². The fourth-order valence-corrected chi connectivity index (χ4v) is 3.09. The molecule has 3 rings (SSSR count). The number of aromatic nitrogens is 4. The second-order valence-electron chi connectivity index (χ2n) is 5.33. The van der Waals surface area contributed by atoms with Gasteiger partial charge in [-0.1, -0.05) is 0 Å². The number of aryl methyl sites for hydroxylation is 3. The number of ether oxygens (including phenoxy) is 1. The van der Waals surface area contributed by atoms with Crippen LogP contribution < -0.4 is 9.64 Å². The van der Waals surface area contributed by atoms with Gasteiger partial charge < -0.3 is 9.64 Å². The van der Waals surface area contributed by atoms with Crippen LogP contribution in [-0.4, -0.2) is 38.5 Å². The van der Waals surface area contributed by atoms with Crippen molar-refractivity contribution in [3.63, 3.8) is 0 Å². The Bertz CT molecular complexity index is 622. The topological polar surface area (TPSA) is 64.0 Å². The van der Waals surface area contributed by atoms with Crippen LogP contribution in [0.1, 0.15) is 30.1 Å². The molecule has 0 unspecified atom stereocenters. The van der Waals surface area contributed by atoms with Crippen molar-refractivity contribution in [3.05, 3.63) is 23.4 Å². The fourth-order valence-electron chi connectivity index (χ4n) is 2.36. The Labute approximate surface area is 128 Å². The van der Waals surface area contributed by atoms with Crippen LogP contribution in [0.25, 0.3) is 0 Å². The lowest BCUT2D eigenvalue weighted by molar-refractivity contribution is 0.161. The first-order valence-corrected chi connectivity index (χ1v) is 7.91. The van der Waals surface area contributed by atoms with Gasteiger partial charge in [0.25, 0.3) is 0 Å². The molecule has 0 amide bonds. The number of anilines is 1. The van der Waals surface area contributed by atoms with E-state index in [1.165, 1.54) is 11.5 Å². The molecule has 3 heterocycles. The first-order chi connectivity index (χ1) is 10.1. The van der Waals surface area contributed by atoms with Crippen molar-refractivity contribution in [1.29, 1.82) is 0 Å². The van der Waals surface area contributed by atoms with E-state index in [-0.39, 0.29) is 6.10 Å². The summed E-state index contributed by atoms with van der Waals surface area (Å²) in [4.78, 5) is 15.4. The van der Waals surface area contributed by atoms with Gasteiger partial charge in [0.1, 0.15) is 11.9 Å². The molecule has 21 heavy (non-hydrogen) atoms. The second kappa shape index (κ2) is 5.93. The lowest BCUT2D eigenvalue weighted by Gasteiger charge is -2.31. The van der Waals surface area contributed by atoms with Crippen molar-refractivity contribution in [2.24, 2.45) is 0 Å². The maximum atomic E-state index is 6.02. The molecule has 0 N–H and O–H groups in total. The summed E-state index contributed by atoms with van der Waals surface area (Å²) in [6.45, 7) is 7.67. The van der Waals surface area contributed by atoms with Gasteiger partial charge in [0, 0.05) is 43.7 Å². The van der Waals surface area contributed by atoms with Gasteiger partial charge in [-0.3, -0.25) is 4.98 Å². The molecule has 7 heteroatoms. The quantitative estimate of drug-likeness (QED) is 0.867. The van der Waals surface area contributed by atoms with E-state index in [0.717, 1.165) is 48.3 Å². The molecular formula is C14H19N5OS. The number of rotatable bonds is 3. The Kier molecular flexibility index (Phi) is 4.01. The third-order valence-corrected chi connectivity index (χ3v) is 4.41. The molecule has 1 fully saturated rings. The summed E-state index contributed by atoms with van der Waals surface area (Å²) in [5.74, 6) is 1.51. The lowest BCUT2D eigenvalue weighted by Crippen LogP contribution is -2.38. The third kappa shape index (κ3) is 3.29. The molecule has 0 saturated carbocycles. The predicted octanol–water partition coefficient (Wildman–Crippen LogP) is 2.30. The van der Waals surface area contributed by atoms with Crippen LogP contribution in [0.4, 0.5) is 5.13 Å². The van der Waals surface area contributed by atoms with Crippen LogP contribution >= 0.6 is 11.5 Å². The lowest BCUT2D eigenvalue weighted by atomic mass is 10.1. The molecule has 0 aromatic carbocycles. The fraction of sp³-hybridized carbons (Fsp3) is 0.571. The van der Waals surface area contributed by atoms with Crippen LogP contribution in [0.5, 0.6) is 5.88 Å². The summed E-state index contributed by atoms with van der Waals surface area (Å²) in [7, 11) is 0. The van der Waals surface area contributed by atoms with Crippen molar-refractivity contribution in [2.45, 2.75) is 39.7 Å². The first kappa shape index (κ1) is 14.2. The number of hydrogen-bond donors (Lipinski definition) is 0. The summed E-state index contributed by atoms with van der Waals surface area (Å²) < 4.78 is 10.3. The molecule has 1 saturated heterocycles. The molecule has 2 aromatic heterocycles. The minimum Gasteiger partial charge on any atom is -0.473 e. The van der Waals surface area contributed by atoms with E-state index in [1.54, 1.807) is 6.20 Å². The molecule has 6 nitrogen and oxygen atoms in total. The highest BCUT2D eigenvalue weighted by Gasteiger charge is 2.23. The highest BCUT2D eigenvalue weighted by Crippen LogP contribution is 2.24. The minimum absolute atomic E-state index is 0.199. The van der Waals surface area contributed by atoms with E-state index >= 15 is 0 Å². The average molecular weight is 305 g/mol. The number of piperidine rings is 1. The predicted molar refractivity (Wildman–Crippen MR) is 82.0 cm³/mol. The van der Waals surface area contributed by atoms with Crippen molar-refractivity contribution in [1.82, 2.24) is 19.3 Å². The van der Waals surface area contributed by atoms with E-state index < -0.39 is 0 Å². The van der Waals surface area contributed by atoms with Gasteiger partial charge in [0.2, 0.25) is 11.0 Å². The van der Waals surface area contributed by atoms with Crippen molar-refractivity contribution in [2.75, 3.05) is 18.0 Å². The summed E-state index contributed by atoms with van der Waals surface area (Å²) in [6.07, 6.45) is 3.90. The third-order valence-electron chi connectivity index (χ3n) is 3.54. The normalized spacial score (nSPS) is 16.2. The second-order valence-corrected chi connectivity index (χ2v) is 6.06. The molecule has 1 aliphatic heterocycles. The van der Waals surface area contributed by atoms with Gasteiger partial charge >= 0.3 is 0 Å². The van der Waals surface area contributed by atoms with Crippen LogP contribution in [-0.2, 0) is 0 Å². The molecule has 1 aliphatic rings. The number of nitrogens with zero attached hydrogens (tertiary/aromatic N) is 5. The summed E-state index contributed by atoms with van der Waals surface area (Å²) in [5, 5.41) is 1.01. The summed E-state index contributed by atoms with van der Waals surface area (Å²) in [6, 6.07) is 0. The van der Waals surface area contributed by atoms with Crippen molar-refractivity contribution < 1.29 is 4.74 Å². The van der Waals surface area contributed by atoms with E-state index in [2.05, 4.69) is 24.2 Å².